The maximum atomic E-state index is 13.2. The third-order valence-electron chi connectivity index (χ3n) is 7.17. The minimum absolute atomic E-state index is 0.0508. The highest BCUT2D eigenvalue weighted by molar-refractivity contribution is 5.88. The lowest BCUT2D eigenvalue weighted by molar-refractivity contribution is 0.0696. The van der Waals surface area contributed by atoms with Crippen LogP contribution in [0.5, 0.6) is 5.75 Å². The summed E-state index contributed by atoms with van der Waals surface area (Å²) in [4.78, 5) is 17.0. The van der Waals surface area contributed by atoms with Crippen molar-refractivity contribution in [3.8, 4) is 5.75 Å². The molecule has 1 aliphatic rings. The molecule has 1 fully saturated rings. The average molecular weight is 495 g/mol. The van der Waals surface area contributed by atoms with Gasteiger partial charge in [0.2, 0.25) is 0 Å². The number of aromatic nitrogens is 3. The van der Waals surface area contributed by atoms with Gasteiger partial charge in [0.05, 0.1) is 30.5 Å². The van der Waals surface area contributed by atoms with E-state index in [-0.39, 0.29) is 23.2 Å². The van der Waals surface area contributed by atoms with Gasteiger partial charge in [0.25, 0.3) is 6.43 Å². The van der Waals surface area contributed by atoms with Crippen LogP contribution in [-0.4, -0.2) is 44.4 Å². The van der Waals surface area contributed by atoms with Gasteiger partial charge in [0, 0.05) is 48.0 Å². The predicted octanol–water partition coefficient (Wildman–Crippen LogP) is 5.90. The van der Waals surface area contributed by atoms with E-state index in [2.05, 4.69) is 21.0 Å². The van der Waals surface area contributed by atoms with Crippen molar-refractivity contribution in [2.24, 2.45) is 0 Å². The summed E-state index contributed by atoms with van der Waals surface area (Å²) in [7, 11) is 1.67. The lowest BCUT2D eigenvalue weighted by Crippen LogP contribution is -2.37. The lowest BCUT2D eigenvalue weighted by Gasteiger charge is -2.40. The monoisotopic (exact) mass is 494 g/mol. The Hall–Kier alpha value is -3.72. The van der Waals surface area contributed by atoms with Crippen molar-refractivity contribution in [2.75, 3.05) is 13.7 Å². The van der Waals surface area contributed by atoms with Crippen molar-refractivity contribution in [2.45, 2.75) is 44.8 Å². The summed E-state index contributed by atoms with van der Waals surface area (Å²) in [6.45, 7) is 3.38. The van der Waals surface area contributed by atoms with Gasteiger partial charge >= 0.3 is 5.97 Å². The molecule has 188 valence electrons. The molecule has 5 rings (SSSR count). The normalized spacial score (nSPS) is 18.7. The van der Waals surface area contributed by atoms with E-state index < -0.39 is 12.4 Å². The Labute approximate surface area is 207 Å². The Morgan fingerprint density at radius 1 is 1.28 bits per heavy atom. The topological polar surface area (TPSA) is 83.4 Å². The number of carbonyl (C=O) groups is 1. The number of nitrogens with one attached hydrogen (secondary N) is 1. The maximum Gasteiger partial charge on any atom is 0.335 e. The highest BCUT2D eigenvalue weighted by atomic mass is 19.3. The number of H-pyrrole nitrogens is 1. The van der Waals surface area contributed by atoms with Gasteiger partial charge in [-0.3, -0.25) is 9.58 Å². The molecule has 0 spiro atoms. The van der Waals surface area contributed by atoms with Crippen molar-refractivity contribution >= 4 is 16.9 Å². The van der Waals surface area contributed by atoms with Crippen molar-refractivity contribution in [3.05, 3.63) is 82.8 Å². The molecule has 3 heterocycles. The number of hydrogen-bond donors (Lipinski definition) is 2. The van der Waals surface area contributed by atoms with Gasteiger partial charge in [-0.15, -0.1) is 0 Å². The number of piperidine rings is 1. The number of carboxylic acid groups (broad SMARTS) is 1. The van der Waals surface area contributed by atoms with Crippen molar-refractivity contribution in [1.29, 1.82) is 0 Å². The molecular weight excluding hydrogens is 466 g/mol. The van der Waals surface area contributed by atoms with Gasteiger partial charge in [0.1, 0.15) is 5.75 Å². The second-order valence-corrected chi connectivity index (χ2v) is 9.29. The fraction of sp³-hybridized carbons (Fsp3) is 0.333. The lowest BCUT2D eigenvalue weighted by atomic mass is 9.90. The van der Waals surface area contributed by atoms with Crippen LogP contribution >= 0.6 is 0 Å². The summed E-state index contributed by atoms with van der Waals surface area (Å²) in [5.74, 6) is -0.161. The van der Waals surface area contributed by atoms with E-state index in [9.17, 15) is 18.7 Å². The second-order valence-electron chi connectivity index (χ2n) is 9.29. The molecule has 0 aliphatic carbocycles. The molecule has 2 atom stereocenters. The van der Waals surface area contributed by atoms with Crippen LogP contribution in [0.3, 0.4) is 0 Å². The quantitative estimate of drug-likeness (QED) is 0.334. The molecule has 2 aromatic heterocycles. The van der Waals surface area contributed by atoms with Gasteiger partial charge in [-0.2, -0.15) is 5.10 Å². The zero-order valence-corrected chi connectivity index (χ0v) is 20.1. The third kappa shape index (κ3) is 4.46. The molecule has 7 nitrogen and oxygen atoms in total. The summed E-state index contributed by atoms with van der Waals surface area (Å²) in [6.07, 6.45) is 3.43. The van der Waals surface area contributed by atoms with E-state index in [1.165, 1.54) is 12.4 Å². The summed E-state index contributed by atoms with van der Waals surface area (Å²) >= 11 is 0. The van der Waals surface area contributed by atoms with Crippen LogP contribution in [0.2, 0.25) is 0 Å². The number of rotatable bonds is 7. The highest BCUT2D eigenvalue weighted by Crippen LogP contribution is 2.40. The highest BCUT2D eigenvalue weighted by Gasteiger charge is 2.32. The van der Waals surface area contributed by atoms with Crippen LogP contribution in [0.4, 0.5) is 8.78 Å². The number of aromatic amines is 1. The molecule has 0 unspecified atom stereocenters. The molecule has 2 N–H and O–H groups in total. The van der Waals surface area contributed by atoms with E-state index in [0.29, 0.717) is 19.5 Å². The minimum Gasteiger partial charge on any atom is -0.496 e. The SMILES string of the molecule is COc1cc(C)c2[nH]ccc2c1CN1CC[C@@H](n2cc(C(F)F)cn2)C[C@@H]1c1ccc(C(=O)O)cc1. The first-order valence-corrected chi connectivity index (χ1v) is 11.9. The Balaban J connectivity index is 1.50. The van der Waals surface area contributed by atoms with Gasteiger partial charge < -0.3 is 14.8 Å². The zero-order chi connectivity index (χ0) is 25.4. The van der Waals surface area contributed by atoms with Crippen LogP contribution in [0.15, 0.2) is 55.0 Å². The van der Waals surface area contributed by atoms with Crippen LogP contribution in [-0.2, 0) is 6.54 Å². The molecule has 0 amide bonds. The zero-order valence-electron chi connectivity index (χ0n) is 20.1. The van der Waals surface area contributed by atoms with Crippen molar-refractivity contribution in [1.82, 2.24) is 19.7 Å². The fourth-order valence-electron chi connectivity index (χ4n) is 5.27. The van der Waals surface area contributed by atoms with E-state index in [1.54, 1.807) is 23.9 Å². The van der Waals surface area contributed by atoms with Gasteiger partial charge in [-0.05, 0) is 55.2 Å². The Kier molecular flexibility index (Phi) is 6.49. The molecule has 4 aromatic rings. The number of methoxy groups -OCH3 is 1. The molecule has 0 bridgehead atoms. The summed E-state index contributed by atoms with van der Waals surface area (Å²) < 4.78 is 33.7. The first-order valence-electron chi connectivity index (χ1n) is 11.9. The smallest absolute Gasteiger partial charge is 0.335 e. The van der Waals surface area contributed by atoms with Crippen LogP contribution in [0.1, 0.15) is 64.0 Å². The maximum absolute atomic E-state index is 13.2. The van der Waals surface area contributed by atoms with Crippen molar-refractivity contribution in [3.63, 3.8) is 0 Å². The van der Waals surface area contributed by atoms with E-state index in [1.807, 2.05) is 31.3 Å². The van der Waals surface area contributed by atoms with Crippen molar-refractivity contribution < 1.29 is 23.4 Å². The standard InChI is InChI=1S/C27H28F2N4O3/c1-16-11-24(36-2)22(21-7-9-30-25(16)21)15-32-10-8-20(33-14-19(13-31-33)26(28)29)12-23(32)17-3-5-18(6-4-17)27(34)35/h3-7,9,11,13-14,20,23,26,30H,8,10,12,15H2,1-2H3,(H,34,35)/t20-,23-/m1/s1. The fourth-order valence-corrected chi connectivity index (χ4v) is 5.27. The number of aromatic carboxylic acids is 1. The van der Waals surface area contributed by atoms with Gasteiger partial charge in [0.15, 0.2) is 0 Å². The second kappa shape index (κ2) is 9.73. The number of halogens is 2. The summed E-state index contributed by atoms with van der Waals surface area (Å²) in [5, 5.41) is 14.7. The largest absolute Gasteiger partial charge is 0.496 e. The van der Waals surface area contributed by atoms with E-state index >= 15 is 0 Å². The van der Waals surface area contributed by atoms with Crippen LogP contribution < -0.4 is 4.74 Å². The van der Waals surface area contributed by atoms with E-state index in [0.717, 1.165) is 39.8 Å². The predicted molar refractivity (Wildman–Crippen MR) is 132 cm³/mol. The molecule has 36 heavy (non-hydrogen) atoms. The number of hydrogen-bond acceptors (Lipinski definition) is 4. The number of carboxylic acids is 1. The minimum atomic E-state index is -2.56. The Morgan fingerprint density at radius 2 is 2.06 bits per heavy atom. The van der Waals surface area contributed by atoms with Crippen LogP contribution in [0, 0.1) is 6.92 Å². The number of alkyl halides is 2. The molecule has 2 aromatic carbocycles. The number of fused-ring (bicyclic) bond motifs is 1. The number of aryl methyl sites for hydroxylation is 1. The summed E-state index contributed by atoms with van der Waals surface area (Å²) in [6, 6.07) is 10.9. The molecule has 1 aliphatic heterocycles. The summed E-state index contributed by atoms with van der Waals surface area (Å²) in [5.41, 5.74) is 4.36. The molecule has 0 saturated carbocycles. The molecule has 1 saturated heterocycles. The third-order valence-corrected chi connectivity index (χ3v) is 7.17. The molecule has 0 radical (unpaired) electrons. The van der Waals surface area contributed by atoms with E-state index in [4.69, 9.17) is 4.74 Å². The Morgan fingerprint density at radius 3 is 2.72 bits per heavy atom. The van der Waals surface area contributed by atoms with Gasteiger partial charge in [-0.1, -0.05) is 12.1 Å². The molecular formula is C27H28F2N4O3. The first kappa shape index (κ1) is 24.0. The van der Waals surface area contributed by atoms with Gasteiger partial charge in [-0.25, -0.2) is 13.6 Å². The average Bonchev–Trinajstić information content (AvgIpc) is 3.57. The number of nitrogens with zero attached hydrogens (tertiary/aromatic N) is 3. The first-order chi connectivity index (χ1) is 17.4. The Bertz CT molecular complexity index is 1380. The number of ether oxygens (including phenoxy) is 1. The number of benzene rings is 2. The van der Waals surface area contributed by atoms with Crippen LogP contribution in [0.25, 0.3) is 10.9 Å². The molecule has 9 heteroatoms. The number of likely N-dealkylation sites (tertiary alicyclic amines) is 1.